The lowest BCUT2D eigenvalue weighted by Gasteiger charge is -1.98. The van der Waals surface area contributed by atoms with Gasteiger partial charge in [0.15, 0.2) is 5.82 Å². The predicted molar refractivity (Wildman–Crippen MR) is 38.3 cm³/mol. The smallest absolute Gasteiger partial charge is 0.338 e. The van der Waals surface area contributed by atoms with Crippen molar-refractivity contribution in [1.29, 1.82) is 0 Å². The van der Waals surface area contributed by atoms with Gasteiger partial charge in [0.05, 0.1) is 10.6 Å². The number of carboxylic acids is 1. The maximum absolute atomic E-state index is 12.8. The summed E-state index contributed by atoms with van der Waals surface area (Å²) in [6.07, 6.45) is 0. The molecule has 1 aromatic carbocycles. The van der Waals surface area contributed by atoms with Gasteiger partial charge in [-0.15, -0.1) is 0 Å². The lowest BCUT2D eigenvalue weighted by molar-refractivity contribution is 0.0691. The van der Waals surface area contributed by atoms with E-state index in [2.05, 4.69) is 0 Å². The molecule has 0 aliphatic carbocycles. The highest BCUT2D eigenvalue weighted by Crippen LogP contribution is 2.19. The van der Waals surface area contributed by atoms with Crippen LogP contribution in [0.2, 0.25) is 5.02 Å². The van der Waals surface area contributed by atoms with Gasteiger partial charge < -0.3 is 5.11 Å². The Bertz CT molecular complexity index is 338. The van der Waals surface area contributed by atoms with Gasteiger partial charge in [-0.2, -0.15) is 0 Å². The quantitative estimate of drug-likeness (QED) is 0.694. The Morgan fingerprint density at radius 3 is 2.50 bits per heavy atom. The molecule has 2 nitrogen and oxygen atoms in total. The molecule has 0 heterocycles. The molecule has 0 aliphatic rings. The SMILES string of the molecule is O=C(O)c1cc(F)cc(Cl)c1F. The van der Waals surface area contributed by atoms with E-state index in [4.69, 9.17) is 16.7 Å². The lowest BCUT2D eigenvalue weighted by Crippen LogP contribution is -2.01. The number of rotatable bonds is 1. The first-order valence-electron chi connectivity index (χ1n) is 2.90. The van der Waals surface area contributed by atoms with Crippen molar-refractivity contribution in [2.24, 2.45) is 0 Å². The molecule has 64 valence electrons. The molecule has 1 rings (SSSR count). The molecule has 1 aromatic rings. The molecule has 0 spiro atoms. The summed E-state index contributed by atoms with van der Waals surface area (Å²) >= 11 is 5.18. The minimum absolute atomic E-state index is 0.535. The first-order valence-corrected chi connectivity index (χ1v) is 3.28. The monoisotopic (exact) mass is 192 g/mol. The van der Waals surface area contributed by atoms with E-state index >= 15 is 0 Å². The molecule has 0 fully saturated rings. The van der Waals surface area contributed by atoms with Gasteiger partial charge in [0.25, 0.3) is 0 Å². The van der Waals surface area contributed by atoms with Crippen LogP contribution >= 0.6 is 11.6 Å². The molecule has 0 amide bonds. The highest BCUT2D eigenvalue weighted by molar-refractivity contribution is 6.31. The van der Waals surface area contributed by atoms with Crippen LogP contribution in [0.15, 0.2) is 12.1 Å². The molecule has 0 unspecified atom stereocenters. The number of carboxylic acid groups (broad SMARTS) is 1. The van der Waals surface area contributed by atoms with E-state index in [1.54, 1.807) is 0 Å². The summed E-state index contributed by atoms with van der Waals surface area (Å²) in [5.74, 6) is -3.54. The Kier molecular flexibility index (Phi) is 2.28. The van der Waals surface area contributed by atoms with Crippen molar-refractivity contribution in [1.82, 2.24) is 0 Å². The van der Waals surface area contributed by atoms with Crippen LogP contribution in [0.3, 0.4) is 0 Å². The molecule has 0 bridgehead atoms. The van der Waals surface area contributed by atoms with Gasteiger partial charge in [0, 0.05) is 0 Å². The van der Waals surface area contributed by atoms with Crippen LogP contribution in [-0.2, 0) is 0 Å². The molecule has 0 aromatic heterocycles. The topological polar surface area (TPSA) is 37.3 Å². The average Bonchev–Trinajstić information content (AvgIpc) is 1.96. The van der Waals surface area contributed by atoms with Crippen LogP contribution in [0, 0.1) is 11.6 Å². The Morgan fingerprint density at radius 2 is 2.00 bits per heavy atom. The number of aromatic carboxylic acids is 1. The molecule has 1 N–H and O–H groups in total. The number of benzene rings is 1. The summed E-state index contributed by atoms with van der Waals surface area (Å²) in [6.45, 7) is 0. The van der Waals surface area contributed by atoms with Gasteiger partial charge in [0.1, 0.15) is 5.82 Å². The number of hydrogen-bond acceptors (Lipinski definition) is 1. The normalized spacial score (nSPS) is 9.92. The molecule has 12 heavy (non-hydrogen) atoms. The van der Waals surface area contributed by atoms with Gasteiger partial charge in [0.2, 0.25) is 0 Å². The number of carbonyl (C=O) groups is 1. The van der Waals surface area contributed by atoms with Gasteiger partial charge in [-0.05, 0) is 12.1 Å². The lowest BCUT2D eigenvalue weighted by atomic mass is 10.2. The Hall–Kier alpha value is -1.16. The number of halogens is 3. The average molecular weight is 193 g/mol. The van der Waals surface area contributed by atoms with E-state index < -0.39 is 28.2 Å². The minimum Gasteiger partial charge on any atom is -0.478 e. The fourth-order valence-electron chi connectivity index (χ4n) is 0.712. The third-order valence-electron chi connectivity index (χ3n) is 1.22. The second-order valence-electron chi connectivity index (χ2n) is 2.05. The van der Waals surface area contributed by atoms with Crippen molar-refractivity contribution < 1.29 is 18.7 Å². The molecule has 0 saturated carbocycles. The molecular weight excluding hydrogens is 190 g/mol. The van der Waals surface area contributed by atoms with Crippen molar-refractivity contribution in [3.05, 3.63) is 34.4 Å². The van der Waals surface area contributed by atoms with E-state index in [9.17, 15) is 13.6 Å². The minimum atomic E-state index is -1.55. The fourth-order valence-corrected chi connectivity index (χ4v) is 0.918. The summed E-state index contributed by atoms with van der Waals surface area (Å²) in [5.41, 5.74) is -0.764. The van der Waals surface area contributed by atoms with Gasteiger partial charge in [-0.25, -0.2) is 13.6 Å². The molecule has 0 radical (unpaired) electrons. The van der Waals surface area contributed by atoms with Crippen LogP contribution in [0.4, 0.5) is 8.78 Å². The van der Waals surface area contributed by atoms with Crippen LogP contribution in [0.1, 0.15) is 10.4 Å². The van der Waals surface area contributed by atoms with Crippen LogP contribution < -0.4 is 0 Å². The van der Waals surface area contributed by atoms with Crippen LogP contribution in [0.25, 0.3) is 0 Å². The van der Waals surface area contributed by atoms with Crippen molar-refractivity contribution in [2.75, 3.05) is 0 Å². The van der Waals surface area contributed by atoms with Crippen molar-refractivity contribution in [2.45, 2.75) is 0 Å². The van der Waals surface area contributed by atoms with E-state index in [1.165, 1.54) is 0 Å². The van der Waals surface area contributed by atoms with Crippen molar-refractivity contribution in [3.63, 3.8) is 0 Å². The Balaban J connectivity index is 3.37. The second-order valence-corrected chi connectivity index (χ2v) is 2.46. The molecule has 0 atom stereocenters. The standard InChI is InChI=1S/C7H3ClF2O2/c8-5-2-3(9)1-4(6(5)10)7(11)12/h1-2H,(H,11,12). The third kappa shape index (κ3) is 1.53. The molecule has 0 aliphatic heterocycles. The summed E-state index contributed by atoms with van der Waals surface area (Å²) in [6, 6.07) is 1.28. The van der Waals surface area contributed by atoms with Crippen LogP contribution in [-0.4, -0.2) is 11.1 Å². The number of hydrogen-bond donors (Lipinski definition) is 1. The summed E-state index contributed by atoms with van der Waals surface area (Å²) in [4.78, 5) is 10.3. The predicted octanol–water partition coefficient (Wildman–Crippen LogP) is 2.32. The van der Waals surface area contributed by atoms with Crippen molar-refractivity contribution in [3.8, 4) is 0 Å². The van der Waals surface area contributed by atoms with E-state index in [-0.39, 0.29) is 0 Å². The summed E-state index contributed by atoms with van der Waals surface area (Å²) < 4.78 is 25.2. The molecule has 5 heteroatoms. The van der Waals surface area contributed by atoms with Crippen LogP contribution in [0.5, 0.6) is 0 Å². The summed E-state index contributed by atoms with van der Waals surface area (Å²) in [7, 11) is 0. The fraction of sp³-hybridized carbons (Fsp3) is 0. The zero-order chi connectivity index (χ0) is 9.30. The first-order chi connectivity index (χ1) is 5.52. The van der Waals surface area contributed by atoms with Crippen molar-refractivity contribution >= 4 is 17.6 Å². The van der Waals surface area contributed by atoms with E-state index in [0.29, 0.717) is 12.1 Å². The van der Waals surface area contributed by atoms with Gasteiger partial charge in [-0.1, -0.05) is 11.6 Å². The second kappa shape index (κ2) is 3.06. The first kappa shape index (κ1) is 8.93. The maximum Gasteiger partial charge on any atom is 0.338 e. The van der Waals surface area contributed by atoms with Gasteiger partial charge >= 0.3 is 5.97 Å². The highest BCUT2D eigenvalue weighted by Gasteiger charge is 2.14. The Labute approximate surface area is 71.4 Å². The zero-order valence-electron chi connectivity index (χ0n) is 5.64. The molecular formula is C7H3ClF2O2. The Morgan fingerprint density at radius 1 is 1.42 bits per heavy atom. The van der Waals surface area contributed by atoms with E-state index in [0.717, 1.165) is 0 Å². The summed E-state index contributed by atoms with van der Waals surface area (Å²) in [5, 5.41) is 7.81. The highest BCUT2D eigenvalue weighted by atomic mass is 35.5. The molecule has 0 saturated heterocycles. The zero-order valence-corrected chi connectivity index (χ0v) is 6.40. The largest absolute Gasteiger partial charge is 0.478 e. The van der Waals surface area contributed by atoms with Gasteiger partial charge in [-0.3, -0.25) is 0 Å². The maximum atomic E-state index is 12.8. The third-order valence-corrected chi connectivity index (χ3v) is 1.50. The van der Waals surface area contributed by atoms with E-state index in [1.807, 2.05) is 0 Å².